The molecule has 5 N–H and O–H groups in total. The van der Waals surface area contributed by atoms with Crippen LogP contribution in [0.5, 0.6) is 0 Å². The van der Waals surface area contributed by atoms with Crippen molar-refractivity contribution < 1.29 is 4.79 Å². The van der Waals surface area contributed by atoms with Crippen molar-refractivity contribution in [3.63, 3.8) is 0 Å². The van der Waals surface area contributed by atoms with Crippen molar-refractivity contribution in [3.8, 4) is 28.3 Å². The zero-order valence-electron chi connectivity index (χ0n) is 18.6. The summed E-state index contributed by atoms with van der Waals surface area (Å²) in [7, 11) is 1.61. The van der Waals surface area contributed by atoms with E-state index in [-0.39, 0.29) is 5.91 Å². The van der Waals surface area contributed by atoms with Crippen LogP contribution in [0.15, 0.2) is 79.0 Å². The first-order chi connectivity index (χ1) is 16.6. The van der Waals surface area contributed by atoms with Gasteiger partial charge in [0.15, 0.2) is 11.5 Å². The molecule has 0 saturated heterocycles. The van der Waals surface area contributed by atoms with Gasteiger partial charge in [-0.2, -0.15) is 0 Å². The average molecular weight is 450 g/mol. The summed E-state index contributed by atoms with van der Waals surface area (Å²) >= 11 is 0. The van der Waals surface area contributed by atoms with Crippen LogP contribution in [0.3, 0.4) is 0 Å². The second-order valence-corrected chi connectivity index (χ2v) is 7.78. The first-order valence-corrected chi connectivity index (χ1v) is 10.8. The number of imidazole rings is 1. The van der Waals surface area contributed by atoms with E-state index in [1.54, 1.807) is 19.3 Å². The fraction of sp³-hybridized carbons (Fsp3) is 0.0769. The summed E-state index contributed by atoms with van der Waals surface area (Å²) in [6.07, 6.45) is 1.65. The Morgan fingerprint density at radius 2 is 1.82 bits per heavy atom. The molecule has 1 amide bonds. The maximum absolute atomic E-state index is 12.1. The number of carbonyl (C=O) groups excluding carboxylic acids is 1. The highest BCUT2D eigenvalue weighted by molar-refractivity contribution is 5.95. The Balaban J connectivity index is 1.74. The van der Waals surface area contributed by atoms with Gasteiger partial charge in [-0.25, -0.2) is 15.0 Å². The van der Waals surface area contributed by atoms with E-state index in [4.69, 9.17) is 21.4 Å². The number of nitrogens with one attached hydrogen (secondary N) is 1. The van der Waals surface area contributed by atoms with Crippen LogP contribution in [0.1, 0.15) is 15.9 Å². The van der Waals surface area contributed by atoms with Crippen molar-refractivity contribution in [2.45, 2.75) is 6.54 Å². The predicted molar refractivity (Wildman–Crippen MR) is 133 cm³/mol. The molecule has 0 unspecified atom stereocenters. The summed E-state index contributed by atoms with van der Waals surface area (Å²) in [6.45, 7) is 0.456. The minimum absolute atomic E-state index is 0.151. The topological polar surface area (TPSA) is 125 Å². The number of fused-ring (bicyclic) bond motifs is 1. The molecule has 0 radical (unpaired) electrons. The summed E-state index contributed by atoms with van der Waals surface area (Å²) in [5, 5.41) is 2.66. The Kier molecular flexibility index (Phi) is 5.49. The molecule has 3 aromatic heterocycles. The van der Waals surface area contributed by atoms with Crippen LogP contribution in [0.2, 0.25) is 0 Å². The van der Waals surface area contributed by atoms with E-state index in [1.807, 2.05) is 71.3 Å². The van der Waals surface area contributed by atoms with E-state index in [0.29, 0.717) is 40.5 Å². The molecule has 8 nitrogen and oxygen atoms in total. The van der Waals surface area contributed by atoms with Gasteiger partial charge in [0.2, 0.25) is 0 Å². The van der Waals surface area contributed by atoms with Crippen molar-refractivity contribution in [2.75, 3.05) is 12.8 Å². The lowest BCUT2D eigenvalue weighted by molar-refractivity contribution is 0.0963. The molecule has 0 fully saturated rings. The molecule has 0 aliphatic carbocycles. The zero-order valence-corrected chi connectivity index (χ0v) is 18.6. The number of hydrogen-bond donors (Lipinski definition) is 3. The highest BCUT2D eigenvalue weighted by Gasteiger charge is 2.19. The number of pyridine rings is 2. The fourth-order valence-electron chi connectivity index (χ4n) is 3.90. The summed E-state index contributed by atoms with van der Waals surface area (Å²) in [5.41, 5.74) is 18.1. The second-order valence-electron chi connectivity index (χ2n) is 7.78. The molecule has 0 aliphatic heterocycles. The third-order valence-corrected chi connectivity index (χ3v) is 5.66. The molecule has 0 atom stereocenters. The van der Waals surface area contributed by atoms with Gasteiger partial charge in [0, 0.05) is 36.6 Å². The maximum atomic E-state index is 12.1. The smallest absolute Gasteiger partial charge is 0.251 e. The predicted octanol–water partition coefficient (Wildman–Crippen LogP) is 3.55. The van der Waals surface area contributed by atoms with Gasteiger partial charge in [-0.15, -0.1) is 0 Å². The van der Waals surface area contributed by atoms with Crippen LogP contribution in [0, 0.1) is 0 Å². The number of anilines is 1. The van der Waals surface area contributed by atoms with E-state index in [1.165, 1.54) is 0 Å². The lowest BCUT2D eigenvalue weighted by atomic mass is 10.1. The molecule has 2 aromatic carbocycles. The Hall–Kier alpha value is -4.56. The molecule has 0 spiro atoms. The third kappa shape index (κ3) is 3.76. The second kappa shape index (κ2) is 8.76. The fourth-order valence-corrected chi connectivity index (χ4v) is 3.90. The van der Waals surface area contributed by atoms with Crippen LogP contribution >= 0.6 is 0 Å². The lowest BCUT2D eigenvalue weighted by Gasteiger charge is -2.11. The van der Waals surface area contributed by atoms with E-state index < -0.39 is 0 Å². The molecule has 168 valence electrons. The van der Waals surface area contributed by atoms with Crippen LogP contribution in [0.4, 0.5) is 5.82 Å². The van der Waals surface area contributed by atoms with Gasteiger partial charge in [0.1, 0.15) is 11.3 Å². The molecule has 0 bridgehead atoms. The van der Waals surface area contributed by atoms with Crippen LogP contribution in [-0.4, -0.2) is 32.5 Å². The molecule has 5 aromatic rings. The molecule has 5 rings (SSSR count). The van der Waals surface area contributed by atoms with E-state index >= 15 is 0 Å². The summed E-state index contributed by atoms with van der Waals surface area (Å²) in [6, 6.07) is 22.8. The van der Waals surface area contributed by atoms with Crippen molar-refractivity contribution in [1.29, 1.82) is 0 Å². The van der Waals surface area contributed by atoms with E-state index in [9.17, 15) is 4.79 Å². The van der Waals surface area contributed by atoms with Gasteiger partial charge in [0.05, 0.1) is 11.3 Å². The van der Waals surface area contributed by atoms with E-state index in [0.717, 1.165) is 22.5 Å². The number of hydrogen-bond acceptors (Lipinski definition) is 6. The largest absolute Gasteiger partial charge is 0.383 e. The summed E-state index contributed by atoms with van der Waals surface area (Å²) in [5.74, 6) is 0.878. The monoisotopic (exact) mass is 449 g/mol. The SMILES string of the molecule is CNC(=O)c1cccc(-c2ccc3nc(-c4cccnc4N)n(-c4ccc(CN)cc4)c3n2)c1. The Morgan fingerprint density at radius 1 is 1.00 bits per heavy atom. The number of carbonyl (C=O) groups is 1. The number of rotatable bonds is 5. The molecular formula is C26H23N7O. The van der Waals surface area contributed by atoms with Crippen LogP contribution in [-0.2, 0) is 6.54 Å². The number of nitrogens with two attached hydrogens (primary N) is 2. The van der Waals surface area contributed by atoms with E-state index in [2.05, 4.69) is 10.3 Å². The van der Waals surface area contributed by atoms with Crippen molar-refractivity contribution >= 4 is 22.9 Å². The number of nitrogen functional groups attached to an aromatic ring is 1. The van der Waals surface area contributed by atoms with Gasteiger partial charge >= 0.3 is 0 Å². The van der Waals surface area contributed by atoms with Crippen LogP contribution < -0.4 is 16.8 Å². The van der Waals surface area contributed by atoms with Gasteiger partial charge in [-0.1, -0.05) is 24.3 Å². The quantitative estimate of drug-likeness (QED) is 0.377. The first kappa shape index (κ1) is 21.3. The number of amides is 1. The van der Waals surface area contributed by atoms with Gasteiger partial charge in [-0.3, -0.25) is 9.36 Å². The molecular weight excluding hydrogens is 426 g/mol. The highest BCUT2D eigenvalue weighted by atomic mass is 16.1. The number of benzene rings is 2. The van der Waals surface area contributed by atoms with Crippen molar-refractivity contribution in [1.82, 2.24) is 24.8 Å². The Labute approximate surface area is 196 Å². The first-order valence-electron chi connectivity index (χ1n) is 10.8. The number of aromatic nitrogens is 4. The molecule has 3 heterocycles. The standard InChI is InChI=1S/C26H23N7O/c1-29-26(34)18-5-2-4-17(14-18)21-11-12-22-25(31-21)33(19-9-7-16(15-27)8-10-19)24(32-22)20-6-3-13-30-23(20)28/h2-14H,15,27H2,1H3,(H2,28,30)(H,29,34). The summed E-state index contributed by atoms with van der Waals surface area (Å²) in [4.78, 5) is 26.2. The van der Waals surface area contributed by atoms with Crippen molar-refractivity contribution in [3.05, 3.63) is 90.1 Å². The average Bonchev–Trinajstić information content (AvgIpc) is 3.27. The van der Waals surface area contributed by atoms with Gasteiger partial charge in [0.25, 0.3) is 5.91 Å². The zero-order chi connectivity index (χ0) is 23.7. The maximum Gasteiger partial charge on any atom is 0.251 e. The van der Waals surface area contributed by atoms with Gasteiger partial charge < -0.3 is 16.8 Å². The molecule has 34 heavy (non-hydrogen) atoms. The summed E-state index contributed by atoms with van der Waals surface area (Å²) < 4.78 is 1.97. The van der Waals surface area contributed by atoms with Crippen molar-refractivity contribution in [2.24, 2.45) is 5.73 Å². The lowest BCUT2D eigenvalue weighted by Crippen LogP contribution is -2.17. The Morgan fingerprint density at radius 3 is 2.56 bits per heavy atom. The normalized spacial score (nSPS) is 11.0. The third-order valence-electron chi connectivity index (χ3n) is 5.66. The minimum Gasteiger partial charge on any atom is -0.383 e. The number of nitrogens with zero attached hydrogens (tertiary/aromatic N) is 4. The molecule has 0 saturated carbocycles. The Bertz CT molecular complexity index is 1510. The highest BCUT2D eigenvalue weighted by Crippen LogP contribution is 2.31. The van der Waals surface area contributed by atoms with Crippen LogP contribution in [0.25, 0.3) is 39.5 Å². The molecule has 8 heteroatoms. The minimum atomic E-state index is -0.151. The molecule has 0 aliphatic rings. The van der Waals surface area contributed by atoms with Gasteiger partial charge in [-0.05, 0) is 54.1 Å².